The topological polar surface area (TPSA) is 95.5 Å². The Labute approximate surface area is 96.1 Å². The molecular weight excluding hydrogens is 236 g/mol. The fraction of sp³-hybridized carbons (Fsp3) is 0.222. The predicted octanol–water partition coefficient (Wildman–Crippen LogP) is 1.42. The first-order chi connectivity index (χ1) is 7.47. The van der Waals surface area contributed by atoms with Gasteiger partial charge in [-0.05, 0) is 6.07 Å². The molecule has 0 aliphatic heterocycles. The van der Waals surface area contributed by atoms with Crippen LogP contribution in [-0.2, 0) is 9.53 Å². The Bertz CT molecular complexity index is 436. The average Bonchev–Trinajstić information content (AvgIpc) is 2.27. The molecule has 0 saturated carbocycles. The highest BCUT2D eigenvalue weighted by atomic mass is 35.5. The lowest BCUT2D eigenvalue weighted by Gasteiger charge is -2.10. The number of hydrogen-bond acceptors (Lipinski definition) is 5. The molecule has 1 aromatic rings. The molecule has 0 fully saturated rings. The van der Waals surface area contributed by atoms with E-state index in [4.69, 9.17) is 17.3 Å². The molecule has 0 unspecified atom stereocenters. The highest BCUT2D eigenvalue weighted by Crippen LogP contribution is 2.26. The Kier molecular flexibility index (Phi) is 3.81. The van der Waals surface area contributed by atoms with Crippen LogP contribution in [0.3, 0.4) is 0 Å². The standard InChI is InChI=1S/C9H9ClN2O4/c1-16-9(13)8(11)6-4-5(12(14)15)2-3-7(6)10/h2-4,8H,11H2,1H3/t8-/m0/s1. The highest BCUT2D eigenvalue weighted by Gasteiger charge is 2.21. The summed E-state index contributed by atoms with van der Waals surface area (Å²) < 4.78 is 4.43. The minimum absolute atomic E-state index is 0.169. The van der Waals surface area contributed by atoms with Crippen molar-refractivity contribution in [1.82, 2.24) is 0 Å². The summed E-state index contributed by atoms with van der Waals surface area (Å²) in [6, 6.07) is 2.58. The third kappa shape index (κ3) is 2.47. The summed E-state index contributed by atoms with van der Waals surface area (Å²) >= 11 is 5.79. The van der Waals surface area contributed by atoms with Crippen molar-refractivity contribution in [3.8, 4) is 0 Å². The van der Waals surface area contributed by atoms with Crippen LogP contribution in [0.5, 0.6) is 0 Å². The molecule has 0 saturated heterocycles. The van der Waals surface area contributed by atoms with Crippen LogP contribution in [0.4, 0.5) is 5.69 Å². The number of halogens is 1. The Morgan fingerprint density at radius 3 is 2.75 bits per heavy atom. The molecule has 16 heavy (non-hydrogen) atoms. The summed E-state index contributed by atoms with van der Waals surface area (Å²) in [5.74, 6) is -0.706. The number of non-ortho nitro benzene ring substituents is 1. The van der Waals surface area contributed by atoms with E-state index in [1.165, 1.54) is 19.2 Å². The van der Waals surface area contributed by atoms with E-state index >= 15 is 0 Å². The Hall–Kier alpha value is -1.66. The SMILES string of the molecule is COC(=O)[C@@H](N)c1cc([N+](=O)[O-])ccc1Cl. The van der Waals surface area contributed by atoms with Crippen LogP contribution in [0, 0.1) is 10.1 Å². The van der Waals surface area contributed by atoms with E-state index in [0.29, 0.717) is 0 Å². The number of carbonyl (C=O) groups is 1. The Morgan fingerprint density at radius 1 is 1.62 bits per heavy atom. The van der Waals surface area contributed by atoms with E-state index in [2.05, 4.69) is 4.74 Å². The monoisotopic (exact) mass is 244 g/mol. The van der Waals surface area contributed by atoms with Crippen LogP contribution in [0.25, 0.3) is 0 Å². The number of esters is 1. The molecule has 0 bridgehead atoms. The molecule has 1 atom stereocenters. The number of hydrogen-bond donors (Lipinski definition) is 1. The fourth-order valence-corrected chi connectivity index (χ4v) is 1.37. The number of ether oxygens (including phenoxy) is 1. The molecule has 0 amide bonds. The molecule has 6 nitrogen and oxygen atoms in total. The quantitative estimate of drug-likeness (QED) is 0.493. The van der Waals surface area contributed by atoms with Crippen LogP contribution >= 0.6 is 11.6 Å². The highest BCUT2D eigenvalue weighted by molar-refractivity contribution is 6.31. The van der Waals surface area contributed by atoms with Crippen molar-refractivity contribution in [2.24, 2.45) is 5.73 Å². The molecule has 0 aliphatic rings. The van der Waals surface area contributed by atoms with Crippen molar-refractivity contribution >= 4 is 23.3 Å². The van der Waals surface area contributed by atoms with Gasteiger partial charge >= 0.3 is 5.97 Å². The maximum Gasteiger partial charge on any atom is 0.327 e. The van der Waals surface area contributed by atoms with Gasteiger partial charge in [0.15, 0.2) is 0 Å². The van der Waals surface area contributed by atoms with Crippen LogP contribution < -0.4 is 5.73 Å². The lowest BCUT2D eigenvalue weighted by Crippen LogP contribution is -2.23. The number of rotatable bonds is 3. The number of benzene rings is 1. The summed E-state index contributed by atoms with van der Waals surface area (Å²) in [6.45, 7) is 0. The van der Waals surface area contributed by atoms with Crippen molar-refractivity contribution in [2.75, 3.05) is 7.11 Å². The van der Waals surface area contributed by atoms with Gasteiger partial charge in [-0.2, -0.15) is 0 Å². The normalized spacial score (nSPS) is 11.9. The van der Waals surface area contributed by atoms with E-state index in [9.17, 15) is 14.9 Å². The smallest absolute Gasteiger partial charge is 0.327 e. The molecule has 0 radical (unpaired) electrons. The first-order valence-electron chi connectivity index (χ1n) is 4.24. The lowest BCUT2D eigenvalue weighted by atomic mass is 10.1. The molecule has 0 heterocycles. The third-order valence-electron chi connectivity index (χ3n) is 1.98. The number of carbonyl (C=O) groups excluding carboxylic acids is 1. The van der Waals surface area contributed by atoms with Crippen LogP contribution in [0.15, 0.2) is 18.2 Å². The number of methoxy groups -OCH3 is 1. The first kappa shape index (κ1) is 12.4. The van der Waals surface area contributed by atoms with Crippen molar-refractivity contribution in [2.45, 2.75) is 6.04 Å². The van der Waals surface area contributed by atoms with Crippen LogP contribution in [0.1, 0.15) is 11.6 Å². The molecule has 1 rings (SSSR count). The summed E-state index contributed by atoms with van der Waals surface area (Å²) in [4.78, 5) is 21.1. The first-order valence-corrected chi connectivity index (χ1v) is 4.62. The van der Waals surface area contributed by atoms with Crippen molar-refractivity contribution < 1.29 is 14.5 Å². The number of nitro groups is 1. The maximum atomic E-state index is 11.2. The van der Waals surface area contributed by atoms with Gasteiger partial charge in [-0.3, -0.25) is 14.9 Å². The Balaban J connectivity index is 3.16. The molecular formula is C9H9ClN2O4. The third-order valence-corrected chi connectivity index (χ3v) is 2.32. The number of nitro benzene ring substituents is 1. The number of nitrogens with zero attached hydrogens (tertiary/aromatic N) is 1. The molecule has 0 spiro atoms. The molecule has 7 heteroatoms. The minimum Gasteiger partial charge on any atom is -0.468 e. The molecule has 0 aliphatic carbocycles. The van der Waals surface area contributed by atoms with Gasteiger partial charge < -0.3 is 10.5 Å². The van der Waals surface area contributed by atoms with Gasteiger partial charge in [0.2, 0.25) is 0 Å². The predicted molar refractivity (Wildman–Crippen MR) is 57.1 cm³/mol. The summed E-state index contributed by atoms with van der Waals surface area (Å²) in [6.07, 6.45) is 0. The maximum absolute atomic E-state index is 11.2. The zero-order chi connectivity index (χ0) is 12.3. The van der Waals surface area contributed by atoms with Gasteiger partial charge in [-0.1, -0.05) is 11.6 Å². The average molecular weight is 245 g/mol. The molecule has 1 aromatic carbocycles. The second-order valence-corrected chi connectivity index (χ2v) is 3.37. The minimum atomic E-state index is -1.13. The summed E-state index contributed by atoms with van der Waals surface area (Å²) in [5.41, 5.74) is 5.52. The van der Waals surface area contributed by atoms with Crippen LogP contribution in [-0.4, -0.2) is 18.0 Å². The van der Waals surface area contributed by atoms with E-state index in [-0.39, 0.29) is 16.3 Å². The zero-order valence-corrected chi connectivity index (χ0v) is 9.10. The van der Waals surface area contributed by atoms with Crippen LogP contribution in [0.2, 0.25) is 5.02 Å². The van der Waals surface area contributed by atoms with Gasteiger partial charge in [0.1, 0.15) is 6.04 Å². The van der Waals surface area contributed by atoms with Gasteiger partial charge in [0.05, 0.1) is 12.0 Å². The fourth-order valence-electron chi connectivity index (χ4n) is 1.14. The Morgan fingerprint density at radius 2 is 2.25 bits per heavy atom. The summed E-state index contributed by atoms with van der Waals surface area (Å²) in [5, 5.41) is 10.7. The van der Waals surface area contributed by atoms with E-state index < -0.39 is 16.9 Å². The molecule has 2 N–H and O–H groups in total. The van der Waals surface area contributed by atoms with Gasteiger partial charge in [0.25, 0.3) is 5.69 Å². The largest absolute Gasteiger partial charge is 0.468 e. The number of nitrogens with two attached hydrogens (primary N) is 1. The van der Waals surface area contributed by atoms with Crippen molar-refractivity contribution in [3.63, 3.8) is 0 Å². The van der Waals surface area contributed by atoms with E-state index in [1.807, 2.05) is 0 Å². The lowest BCUT2D eigenvalue weighted by molar-refractivity contribution is -0.384. The summed E-state index contributed by atoms with van der Waals surface area (Å²) in [7, 11) is 1.17. The molecule has 86 valence electrons. The van der Waals surface area contributed by atoms with E-state index in [1.54, 1.807) is 0 Å². The second kappa shape index (κ2) is 4.91. The van der Waals surface area contributed by atoms with Gasteiger partial charge in [-0.25, -0.2) is 0 Å². The van der Waals surface area contributed by atoms with Gasteiger partial charge in [-0.15, -0.1) is 0 Å². The van der Waals surface area contributed by atoms with Gasteiger partial charge in [0, 0.05) is 22.7 Å². The van der Waals surface area contributed by atoms with Crippen molar-refractivity contribution in [1.29, 1.82) is 0 Å². The molecule has 0 aromatic heterocycles. The zero-order valence-electron chi connectivity index (χ0n) is 8.34. The van der Waals surface area contributed by atoms with Crippen molar-refractivity contribution in [3.05, 3.63) is 38.9 Å². The van der Waals surface area contributed by atoms with E-state index in [0.717, 1.165) is 6.07 Å². The second-order valence-electron chi connectivity index (χ2n) is 2.96.